The number of halogens is 3. The van der Waals surface area contributed by atoms with E-state index in [9.17, 15) is 9.18 Å². The maximum Gasteiger partial charge on any atom is 0.201 e. The predicted octanol–water partition coefficient (Wildman–Crippen LogP) is 7.50. The third-order valence-electron chi connectivity index (χ3n) is 5.25. The Labute approximate surface area is 199 Å². The normalized spacial score (nSPS) is 11.3. The molecule has 8 heteroatoms. The summed E-state index contributed by atoms with van der Waals surface area (Å²) in [6, 6.07) is 11.4. The Bertz CT molecular complexity index is 1310. The lowest BCUT2D eigenvalue weighted by Gasteiger charge is -2.11. The zero-order valence-corrected chi connectivity index (χ0v) is 19.7. The van der Waals surface area contributed by atoms with E-state index in [2.05, 4.69) is 28.5 Å². The molecular formula is C25H22ClF2N3OS. The molecule has 0 bridgehead atoms. The van der Waals surface area contributed by atoms with Crippen LogP contribution in [0.4, 0.5) is 14.5 Å². The summed E-state index contributed by atoms with van der Waals surface area (Å²) in [7, 11) is 0. The standard InChI is InChI=1S/C25H22ClF2N3OS/c1-14(2)9-10-33-31-21-8-7-20(27)22(23(21)28)24(32)19-13-30-25-18(19)11-16(12-29-25)15-3-5-17(26)6-4-15/h3-8,11-14,31H,9-10H2,1-2H3,(H,29,30). The fourth-order valence-electron chi connectivity index (χ4n) is 3.39. The Balaban J connectivity index is 1.67. The maximum absolute atomic E-state index is 15.2. The van der Waals surface area contributed by atoms with Crippen LogP contribution in [-0.2, 0) is 0 Å². The molecule has 0 atom stereocenters. The van der Waals surface area contributed by atoms with E-state index in [0.29, 0.717) is 22.0 Å². The largest absolute Gasteiger partial charge is 0.345 e. The number of carbonyl (C=O) groups excluding carboxylic acids is 1. The van der Waals surface area contributed by atoms with Crippen molar-refractivity contribution in [2.45, 2.75) is 20.3 Å². The van der Waals surface area contributed by atoms with Gasteiger partial charge in [-0.3, -0.25) is 4.79 Å². The highest BCUT2D eigenvalue weighted by Crippen LogP contribution is 2.30. The Morgan fingerprint density at radius 2 is 1.91 bits per heavy atom. The van der Waals surface area contributed by atoms with Crippen molar-refractivity contribution in [3.8, 4) is 11.1 Å². The molecule has 4 aromatic rings. The first-order chi connectivity index (χ1) is 15.8. The van der Waals surface area contributed by atoms with Gasteiger partial charge in [0.2, 0.25) is 5.78 Å². The van der Waals surface area contributed by atoms with Gasteiger partial charge in [0.05, 0.1) is 11.3 Å². The van der Waals surface area contributed by atoms with E-state index in [1.807, 2.05) is 12.1 Å². The summed E-state index contributed by atoms with van der Waals surface area (Å²) in [5.74, 6) is -1.29. The van der Waals surface area contributed by atoms with Gasteiger partial charge in [-0.1, -0.05) is 49.5 Å². The molecule has 2 aromatic heterocycles. The van der Waals surface area contributed by atoms with Crippen LogP contribution in [0.3, 0.4) is 0 Å². The molecule has 0 aliphatic heterocycles. The summed E-state index contributed by atoms with van der Waals surface area (Å²) in [6.45, 7) is 4.20. The number of carbonyl (C=O) groups is 1. The number of nitrogens with one attached hydrogen (secondary N) is 2. The highest BCUT2D eigenvalue weighted by atomic mass is 35.5. The lowest BCUT2D eigenvalue weighted by Crippen LogP contribution is -2.09. The molecule has 4 nitrogen and oxygen atoms in total. The molecule has 0 aliphatic rings. The number of aromatic nitrogens is 2. The number of hydrogen-bond acceptors (Lipinski definition) is 4. The van der Waals surface area contributed by atoms with Gasteiger partial charge in [-0.2, -0.15) is 0 Å². The predicted molar refractivity (Wildman–Crippen MR) is 132 cm³/mol. The Morgan fingerprint density at radius 3 is 2.64 bits per heavy atom. The number of benzene rings is 2. The van der Waals surface area contributed by atoms with Crippen LogP contribution in [0.2, 0.25) is 5.02 Å². The van der Waals surface area contributed by atoms with Crippen LogP contribution < -0.4 is 4.72 Å². The fraction of sp³-hybridized carbons (Fsp3) is 0.200. The van der Waals surface area contributed by atoms with Crippen molar-refractivity contribution in [2.24, 2.45) is 5.92 Å². The molecule has 0 saturated heterocycles. The van der Waals surface area contributed by atoms with Gasteiger partial charge >= 0.3 is 0 Å². The summed E-state index contributed by atoms with van der Waals surface area (Å²) >= 11 is 7.29. The zero-order chi connectivity index (χ0) is 23.5. The van der Waals surface area contributed by atoms with Gasteiger partial charge in [-0.25, -0.2) is 13.8 Å². The molecule has 170 valence electrons. The van der Waals surface area contributed by atoms with E-state index in [0.717, 1.165) is 29.4 Å². The molecular weight excluding hydrogens is 464 g/mol. The van der Waals surface area contributed by atoms with Crippen LogP contribution in [0.15, 0.2) is 54.9 Å². The number of aromatic amines is 1. The number of fused-ring (bicyclic) bond motifs is 1. The number of H-pyrrole nitrogens is 1. The average molecular weight is 486 g/mol. The van der Waals surface area contributed by atoms with E-state index in [4.69, 9.17) is 11.6 Å². The van der Waals surface area contributed by atoms with Gasteiger partial charge in [0.15, 0.2) is 5.82 Å². The van der Waals surface area contributed by atoms with Gasteiger partial charge in [0.25, 0.3) is 0 Å². The average Bonchev–Trinajstić information content (AvgIpc) is 3.21. The minimum atomic E-state index is -0.911. The van der Waals surface area contributed by atoms with Crippen molar-refractivity contribution in [1.82, 2.24) is 9.97 Å². The van der Waals surface area contributed by atoms with Crippen LogP contribution in [0.5, 0.6) is 0 Å². The maximum atomic E-state index is 15.2. The first kappa shape index (κ1) is 23.3. The van der Waals surface area contributed by atoms with Gasteiger partial charge in [-0.05, 0) is 48.2 Å². The molecule has 2 aromatic carbocycles. The highest BCUT2D eigenvalue weighted by Gasteiger charge is 2.24. The minimum Gasteiger partial charge on any atom is -0.345 e. The summed E-state index contributed by atoms with van der Waals surface area (Å²) in [6.07, 6.45) is 4.04. The zero-order valence-electron chi connectivity index (χ0n) is 18.1. The van der Waals surface area contributed by atoms with Gasteiger partial charge in [-0.15, -0.1) is 0 Å². The number of hydrogen-bond donors (Lipinski definition) is 2. The molecule has 0 fully saturated rings. The number of ketones is 1. The van der Waals surface area contributed by atoms with E-state index >= 15 is 4.39 Å². The topological polar surface area (TPSA) is 57.8 Å². The Hall–Kier alpha value is -2.90. The van der Waals surface area contributed by atoms with Gasteiger partial charge in [0, 0.05) is 39.7 Å². The lowest BCUT2D eigenvalue weighted by molar-refractivity contribution is 0.103. The highest BCUT2D eigenvalue weighted by molar-refractivity contribution is 8.00. The van der Waals surface area contributed by atoms with Crippen LogP contribution in [-0.4, -0.2) is 21.5 Å². The number of rotatable bonds is 8. The monoisotopic (exact) mass is 485 g/mol. The Kier molecular flexibility index (Phi) is 7.00. The molecule has 0 aliphatic carbocycles. The van der Waals surface area contributed by atoms with E-state index in [1.54, 1.807) is 24.4 Å². The van der Waals surface area contributed by atoms with Gasteiger partial charge < -0.3 is 9.71 Å². The number of pyridine rings is 1. The quantitative estimate of drug-likeness (QED) is 0.154. The fourth-order valence-corrected chi connectivity index (χ4v) is 4.52. The van der Waals surface area contributed by atoms with Crippen LogP contribution in [0.25, 0.3) is 22.2 Å². The first-order valence-electron chi connectivity index (χ1n) is 10.5. The Morgan fingerprint density at radius 1 is 1.15 bits per heavy atom. The lowest BCUT2D eigenvalue weighted by atomic mass is 10.00. The second-order valence-electron chi connectivity index (χ2n) is 8.08. The molecule has 0 spiro atoms. The van der Waals surface area contributed by atoms with Crippen molar-refractivity contribution in [1.29, 1.82) is 0 Å². The molecule has 2 heterocycles. The molecule has 4 rings (SSSR count). The van der Waals surface area contributed by atoms with E-state index in [-0.39, 0.29) is 11.3 Å². The molecule has 2 N–H and O–H groups in total. The molecule has 33 heavy (non-hydrogen) atoms. The summed E-state index contributed by atoms with van der Waals surface area (Å²) in [5, 5.41) is 1.09. The third-order valence-corrected chi connectivity index (χ3v) is 6.31. The van der Waals surface area contributed by atoms with E-state index in [1.165, 1.54) is 24.2 Å². The summed E-state index contributed by atoms with van der Waals surface area (Å²) < 4.78 is 32.7. The number of nitrogens with zero attached hydrogens (tertiary/aromatic N) is 1. The molecule has 0 saturated carbocycles. The van der Waals surface area contributed by atoms with Crippen molar-refractivity contribution in [3.63, 3.8) is 0 Å². The second kappa shape index (κ2) is 9.93. The summed E-state index contributed by atoms with van der Waals surface area (Å²) in [5.41, 5.74) is 1.70. The third kappa shape index (κ3) is 5.04. The smallest absolute Gasteiger partial charge is 0.201 e. The van der Waals surface area contributed by atoms with Crippen molar-refractivity contribution in [3.05, 3.63) is 82.6 Å². The molecule has 0 amide bonds. The molecule has 0 radical (unpaired) electrons. The summed E-state index contributed by atoms with van der Waals surface area (Å²) in [4.78, 5) is 20.5. The molecule has 0 unspecified atom stereocenters. The minimum absolute atomic E-state index is 0.0772. The van der Waals surface area contributed by atoms with Crippen LogP contribution in [0, 0.1) is 17.6 Å². The van der Waals surface area contributed by atoms with Crippen molar-refractivity contribution in [2.75, 3.05) is 10.5 Å². The van der Waals surface area contributed by atoms with Crippen LogP contribution >= 0.6 is 23.5 Å². The van der Waals surface area contributed by atoms with E-state index < -0.39 is 23.0 Å². The van der Waals surface area contributed by atoms with Crippen molar-refractivity contribution < 1.29 is 13.6 Å². The SMILES string of the molecule is CC(C)CCSNc1ccc(F)c(C(=O)c2c[nH]c3ncc(-c4ccc(Cl)cc4)cc23)c1F. The van der Waals surface area contributed by atoms with Crippen molar-refractivity contribution >= 4 is 46.1 Å². The van der Waals surface area contributed by atoms with Crippen LogP contribution in [0.1, 0.15) is 36.2 Å². The number of anilines is 1. The second-order valence-corrected chi connectivity index (χ2v) is 9.41. The van der Waals surface area contributed by atoms with Gasteiger partial charge in [0.1, 0.15) is 11.5 Å². The first-order valence-corrected chi connectivity index (χ1v) is 11.8.